The number of carbonyl (C=O) groups excluding carboxylic acids is 1. The fourth-order valence-electron chi connectivity index (χ4n) is 2.08. The van der Waals surface area contributed by atoms with E-state index < -0.39 is 0 Å². The van der Waals surface area contributed by atoms with Gasteiger partial charge in [0.1, 0.15) is 0 Å². The number of rotatable bonds is 3. The minimum Gasteiger partial charge on any atom is -0.300 e. The highest BCUT2D eigenvalue weighted by Gasteiger charge is 2.22. The van der Waals surface area contributed by atoms with Gasteiger partial charge in [0.25, 0.3) is 0 Å². The average molecular weight is 199 g/mol. The van der Waals surface area contributed by atoms with Gasteiger partial charge >= 0.3 is 0 Å². The molecule has 1 heterocycles. The Labute approximate surface area is 85.8 Å². The van der Waals surface area contributed by atoms with Crippen molar-refractivity contribution in [3.63, 3.8) is 0 Å². The van der Waals surface area contributed by atoms with Gasteiger partial charge in [0.15, 0.2) is 0 Å². The highest BCUT2D eigenvalue weighted by atomic mass is 16.2. The lowest BCUT2D eigenvalue weighted by Crippen LogP contribution is -2.43. The first-order valence-electron chi connectivity index (χ1n) is 5.37. The first-order valence-corrected chi connectivity index (χ1v) is 5.37. The fourth-order valence-corrected chi connectivity index (χ4v) is 2.08. The van der Waals surface area contributed by atoms with Crippen LogP contribution in [0.5, 0.6) is 0 Å². The Morgan fingerprint density at radius 2 is 2.43 bits per heavy atom. The van der Waals surface area contributed by atoms with Crippen molar-refractivity contribution in [2.45, 2.75) is 39.2 Å². The number of hydrogen-bond acceptors (Lipinski definition) is 3. The van der Waals surface area contributed by atoms with E-state index in [0.717, 1.165) is 19.0 Å². The van der Waals surface area contributed by atoms with Crippen molar-refractivity contribution in [2.24, 2.45) is 11.8 Å². The van der Waals surface area contributed by atoms with Crippen LogP contribution in [-0.2, 0) is 4.79 Å². The van der Waals surface area contributed by atoms with Gasteiger partial charge in [-0.3, -0.25) is 15.1 Å². The third-order valence-electron chi connectivity index (χ3n) is 2.95. The molecule has 1 saturated heterocycles. The lowest BCUT2D eigenvalue weighted by atomic mass is 9.98. The molecule has 1 aliphatic rings. The van der Waals surface area contributed by atoms with Crippen molar-refractivity contribution in [1.29, 1.82) is 0 Å². The predicted molar refractivity (Wildman–Crippen MR) is 56.4 cm³/mol. The molecule has 4 heteroatoms. The number of hydrazine groups is 1. The predicted octanol–water partition coefficient (Wildman–Crippen LogP) is 0.487. The molecule has 3 N–H and O–H groups in total. The molecule has 0 aromatic carbocycles. The summed E-state index contributed by atoms with van der Waals surface area (Å²) < 4.78 is 0. The standard InChI is InChI=1S/C10H21N3O/c1-8-4-3-5-13(7-8)9(2)6-10(14)12-11/h8-9H,3-7,11H2,1-2H3,(H,12,14). The fraction of sp³-hybridized carbons (Fsp3) is 0.900. The molecule has 1 aliphatic heterocycles. The molecular weight excluding hydrogens is 178 g/mol. The maximum atomic E-state index is 11.1. The van der Waals surface area contributed by atoms with Gasteiger partial charge in [-0.05, 0) is 32.2 Å². The Hall–Kier alpha value is -0.610. The van der Waals surface area contributed by atoms with Crippen molar-refractivity contribution in [2.75, 3.05) is 13.1 Å². The number of likely N-dealkylation sites (tertiary alicyclic amines) is 1. The van der Waals surface area contributed by atoms with Crippen LogP contribution in [0, 0.1) is 5.92 Å². The smallest absolute Gasteiger partial charge is 0.235 e. The first kappa shape index (κ1) is 11.5. The summed E-state index contributed by atoms with van der Waals surface area (Å²) in [6, 6.07) is 0.307. The van der Waals surface area contributed by atoms with Crippen LogP contribution in [0.2, 0.25) is 0 Å². The maximum Gasteiger partial charge on any atom is 0.235 e. The number of nitrogens with two attached hydrogens (primary N) is 1. The number of carbonyl (C=O) groups is 1. The summed E-state index contributed by atoms with van der Waals surface area (Å²) in [5.41, 5.74) is 2.18. The number of nitrogens with one attached hydrogen (secondary N) is 1. The van der Waals surface area contributed by atoms with Crippen LogP contribution in [0.25, 0.3) is 0 Å². The third-order valence-corrected chi connectivity index (χ3v) is 2.95. The van der Waals surface area contributed by atoms with Gasteiger partial charge in [-0.25, -0.2) is 5.84 Å². The number of amides is 1. The molecule has 82 valence electrons. The second kappa shape index (κ2) is 5.32. The van der Waals surface area contributed by atoms with Crippen molar-refractivity contribution in [1.82, 2.24) is 10.3 Å². The molecule has 0 spiro atoms. The molecule has 2 atom stereocenters. The normalized spacial score (nSPS) is 25.8. The molecule has 1 fully saturated rings. The molecule has 0 saturated carbocycles. The van der Waals surface area contributed by atoms with Gasteiger partial charge in [-0.1, -0.05) is 6.92 Å². The van der Waals surface area contributed by atoms with E-state index in [4.69, 9.17) is 5.84 Å². The van der Waals surface area contributed by atoms with E-state index in [9.17, 15) is 4.79 Å². The van der Waals surface area contributed by atoms with Crippen LogP contribution in [0.15, 0.2) is 0 Å². The van der Waals surface area contributed by atoms with Crippen molar-refractivity contribution in [3.8, 4) is 0 Å². The quantitative estimate of drug-likeness (QED) is 0.395. The van der Waals surface area contributed by atoms with E-state index in [1.54, 1.807) is 0 Å². The van der Waals surface area contributed by atoms with Gasteiger partial charge in [-0.2, -0.15) is 0 Å². The monoisotopic (exact) mass is 199 g/mol. The molecule has 0 aromatic heterocycles. The van der Waals surface area contributed by atoms with Gasteiger partial charge in [0.2, 0.25) is 5.91 Å². The van der Waals surface area contributed by atoms with Crippen molar-refractivity contribution < 1.29 is 4.79 Å². The lowest BCUT2D eigenvalue weighted by molar-refractivity contribution is -0.122. The van der Waals surface area contributed by atoms with E-state index >= 15 is 0 Å². The van der Waals surface area contributed by atoms with Crippen LogP contribution in [0.1, 0.15) is 33.1 Å². The molecule has 14 heavy (non-hydrogen) atoms. The van der Waals surface area contributed by atoms with Crippen LogP contribution in [0.4, 0.5) is 0 Å². The maximum absolute atomic E-state index is 11.1. The van der Waals surface area contributed by atoms with Gasteiger partial charge in [-0.15, -0.1) is 0 Å². The molecule has 2 unspecified atom stereocenters. The van der Waals surface area contributed by atoms with Crippen molar-refractivity contribution >= 4 is 5.91 Å². The Kier molecular flexibility index (Phi) is 4.35. The third kappa shape index (κ3) is 3.27. The van der Waals surface area contributed by atoms with Crippen LogP contribution in [-0.4, -0.2) is 29.9 Å². The molecule has 4 nitrogen and oxygen atoms in total. The SMILES string of the molecule is CC1CCCN(C(C)CC(=O)NN)C1. The highest BCUT2D eigenvalue weighted by molar-refractivity contribution is 5.75. The Morgan fingerprint density at radius 3 is 3.00 bits per heavy atom. The second-order valence-corrected chi connectivity index (χ2v) is 4.36. The molecule has 1 rings (SSSR count). The zero-order chi connectivity index (χ0) is 10.6. The van der Waals surface area contributed by atoms with E-state index in [2.05, 4.69) is 24.2 Å². The summed E-state index contributed by atoms with van der Waals surface area (Å²) in [6.07, 6.45) is 3.06. The Balaban J connectivity index is 2.35. The number of piperidine rings is 1. The number of nitrogens with zero attached hydrogens (tertiary/aromatic N) is 1. The zero-order valence-corrected chi connectivity index (χ0v) is 9.12. The topological polar surface area (TPSA) is 58.4 Å². The molecule has 0 bridgehead atoms. The average Bonchev–Trinajstić information content (AvgIpc) is 2.17. The molecule has 0 aromatic rings. The van der Waals surface area contributed by atoms with Crippen LogP contribution >= 0.6 is 0 Å². The van der Waals surface area contributed by atoms with E-state index in [0.29, 0.717) is 12.5 Å². The highest BCUT2D eigenvalue weighted by Crippen LogP contribution is 2.18. The largest absolute Gasteiger partial charge is 0.300 e. The van der Waals surface area contributed by atoms with Gasteiger partial charge < -0.3 is 0 Å². The summed E-state index contributed by atoms with van der Waals surface area (Å²) >= 11 is 0. The summed E-state index contributed by atoms with van der Waals surface area (Å²) in [4.78, 5) is 13.5. The Bertz CT molecular complexity index is 196. The lowest BCUT2D eigenvalue weighted by Gasteiger charge is -2.35. The van der Waals surface area contributed by atoms with E-state index in [1.807, 2.05) is 0 Å². The summed E-state index contributed by atoms with van der Waals surface area (Å²) in [5.74, 6) is 5.74. The van der Waals surface area contributed by atoms with Gasteiger partial charge in [0.05, 0.1) is 0 Å². The molecule has 1 amide bonds. The molecule has 0 aliphatic carbocycles. The van der Waals surface area contributed by atoms with E-state index in [-0.39, 0.29) is 5.91 Å². The first-order chi connectivity index (χ1) is 6.63. The second-order valence-electron chi connectivity index (χ2n) is 4.36. The minimum absolute atomic E-state index is 0.0734. The van der Waals surface area contributed by atoms with Crippen LogP contribution < -0.4 is 11.3 Å². The molecular formula is C10H21N3O. The summed E-state index contributed by atoms with van der Waals surface area (Å²) in [6.45, 7) is 6.58. The number of hydrogen-bond donors (Lipinski definition) is 2. The summed E-state index contributed by atoms with van der Waals surface area (Å²) in [5, 5.41) is 0. The minimum atomic E-state index is -0.0734. The summed E-state index contributed by atoms with van der Waals surface area (Å²) in [7, 11) is 0. The van der Waals surface area contributed by atoms with Crippen molar-refractivity contribution in [3.05, 3.63) is 0 Å². The Morgan fingerprint density at radius 1 is 1.71 bits per heavy atom. The van der Waals surface area contributed by atoms with Crippen LogP contribution in [0.3, 0.4) is 0 Å². The molecule has 0 radical (unpaired) electrons. The van der Waals surface area contributed by atoms with E-state index in [1.165, 1.54) is 12.8 Å². The zero-order valence-electron chi connectivity index (χ0n) is 9.12. The van der Waals surface area contributed by atoms with Gasteiger partial charge in [0, 0.05) is 19.0 Å².